The molecule has 198 valence electrons. The van der Waals surface area contributed by atoms with Gasteiger partial charge in [0.1, 0.15) is 0 Å². The average Bonchev–Trinajstić information content (AvgIpc) is 3.06. The Bertz CT molecular complexity index is 862. The van der Waals surface area contributed by atoms with E-state index in [2.05, 4.69) is 64.3 Å². The molecule has 0 aliphatic heterocycles. The highest BCUT2D eigenvalue weighted by atomic mass is 28.4. The van der Waals surface area contributed by atoms with E-state index < -0.39 is 8.32 Å². The molecule has 2 unspecified atom stereocenters. The summed E-state index contributed by atoms with van der Waals surface area (Å²) in [4.78, 5) is 15.0. The van der Waals surface area contributed by atoms with E-state index in [0.717, 1.165) is 44.9 Å². The monoisotopic (exact) mass is 503 g/mol. The Balaban J connectivity index is 1.90. The Labute approximate surface area is 214 Å². The summed E-state index contributed by atoms with van der Waals surface area (Å²) in [6, 6.07) is 0. The van der Waals surface area contributed by atoms with Crippen molar-refractivity contribution < 1.29 is 14.0 Å². The summed E-state index contributed by atoms with van der Waals surface area (Å²) >= 11 is 0. The standard InChI is InChI=1S/C28H49N3O3Si/c1-19-10-11-24-23(17-30-31-29)25(13-15-27(19,24)6)28(7)14-12-22(16-21(28)18-33-20(2)32)34-35(8,9)26(3,4)5/h21-25H,1,10-18H2,2-9H3/t21-,22+,23+,24?,25?,27-,28+/m1/s1. The van der Waals surface area contributed by atoms with Crippen molar-refractivity contribution in [2.45, 2.75) is 111 Å². The van der Waals surface area contributed by atoms with E-state index in [-0.39, 0.29) is 33.9 Å². The molecule has 0 spiro atoms. The summed E-state index contributed by atoms with van der Waals surface area (Å²) in [5.74, 6) is 1.31. The van der Waals surface area contributed by atoms with Crippen LogP contribution in [0.15, 0.2) is 17.3 Å². The first kappa shape index (κ1) is 28.3. The Morgan fingerprint density at radius 1 is 1.20 bits per heavy atom. The van der Waals surface area contributed by atoms with Gasteiger partial charge >= 0.3 is 5.97 Å². The number of ether oxygens (including phenoxy) is 1. The lowest BCUT2D eigenvalue weighted by atomic mass is 9.49. The smallest absolute Gasteiger partial charge is 0.302 e. The predicted octanol–water partition coefficient (Wildman–Crippen LogP) is 8.06. The summed E-state index contributed by atoms with van der Waals surface area (Å²) < 4.78 is 12.5. The molecule has 0 radical (unpaired) electrons. The maximum Gasteiger partial charge on any atom is 0.302 e. The maximum atomic E-state index is 11.8. The molecular formula is C28H49N3O3Si. The first-order valence-electron chi connectivity index (χ1n) is 13.7. The molecule has 3 fully saturated rings. The minimum Gasteiger partial charge on any atom is -0.466 e. The van der Waals surface area contributed by atoms with E-state index in [1.54, 1.807) is 0 Å². The second kappa shape index (κ2) is 10.2. The quantitative estimate of drug-likeness (QED) is 0.0879. The van der Waals surface area contributed by atoms with Crippen molar-refractivity contribution in [2.75, 3.05) is 13.2 Å². The number of carbonyl (C=O) groups is 1. The third-order valence-electron chi connectivity index (χ3n) is 10.8. The number of fused-ring (bicyclic) bond motifs is 1. The van der Waals surface area contributed by atoms with E-state index in [0.29, 0.717) is 30.9 Å². The number of hydrogen-bond acceptors (Lipinski definition) is 4. The van der Waals surface area contributed by atoms with Crippen LogP contribution in [-0.4, -0.2) is 33.5 Å². The van der Waals surface area contributed by atoms with Gasteiger partial charge in [-0.2, -0.15) is 0 Å². The Kier molecular flexibility index (Phi) is 8.25. The molecule has 0 aromatic rings. The van der Waals surface area contributed by atoms with Crippen LogP contribution in [0.1, 0.15) is 86.5 Å². The van der Waals surface area contributed by atoms with Crippen molar-refractivity contribution in [1.29, 1.82) is 0 Å². The number of azide groups is 1. The van der Waals surface area contributed by atoms with Crippen LogP contribution >= 0.6 is 0 Å². The van der Waals surface area contributed by atoms with Gasteiger partial charge in [-0.1, -0.05) is 51.9 Å². The van der Waals surface area contributed by atoms with Gasteiger partial charge in [-0.25, -0.2) is 0 Å². The van der Waals surface area contributed by atoms with Crippen LogP contribution < -0.4 is 0 Å². The lowest BCUT2D eigenvalue weighted by Gasteiger charge is -2.57. The third kappa shape index (κ3) is 5.52. The molecule has 0 bridgehead atoms. The van der Waals surface area contributed by atoms with Gasteiger partial charge in [0.2, 0.25) is 0 Å². The molecule has 3 aliphatic carbocycles. The minimum absolute atomic E-state index is 0.0175. The van der Waals surface area contributed by atoms with Crippen molar-refractivity contribution in [3.05, 3.63) is 22.6 Å². The van der Waals surface area contributed by atoms with Crippen molar-refractivity contribution in [2.24, 2.45) is 39.6 Å². The molecule has 0 aromatic carbocycles. The average molecular weight is 504 g/mol. The van der Waals surface area contributed by atoms with Gasteiger partial charge < -0.3 is 9.16 Å². The molecule has 35 heavy (non-hydrogen) atoms. The number of nitrogens with zero attached hydrogens (tertiary/aromatic N) is 3. The molecular weight excluding hydrogens is 454 g/mol. The van der Waals surface area contributed by atoms with Crippen LogP contribution in [0.25, 0.3) is 10.4 Å². The van der Waals surface area contributed by atoms with Crippen LogP contribution in [-0.2, 0) is 14.0 Å². The largest absolute Gasteiger partial charge is 0.466 e. The molecule has 0 amide bonds. The maximum absolute atomic E-state index is 11.8. The first-order chi connectivity index (χ1) is 16.2. The van der Waals surface area contributed by atoms with E-state index in [9.17, 15) is 10.3 Å². The van der Waals surface area contributed by atoms with Gasteiger partial charge in [-0.15, -0.1) is 0 Å². The number of carbonyl (C=O) groups excluding carboxylic acids is 1. The lowest BCUT2D eigenvalue weighted by Crippen LogP contribution is -2.53. The number of esters is 1. The molecule has 3 saturated carbocycles. The number of rotatable bonds is 7. The Morgan fingerprint density at radius 2 is 1.89 bits per heavy atom. The van der Waals surface area contributed by atoms with Crippen LogP contribution in [0.2, 0.25) is 18.1 Å². The highest BCUT2D eigenvalue weighted by Gasteiger charge is 2.57. The van der Waals surface area contributed by atoms with Crippen molar-refractivity contribution in [1.82, 2.24) is 0 Å². The van der Waals surface area contributed by atoms with E-state index >= 15 is 0 Å². The number of allylic oxidation sites excluding steroid dienone is 1. The van der Waals surface area contributed by atoms with Crippen LogP contribution in [0, 0.1) is 34.5 Å². The molecule has 0 heterocycles. The second-order valence-electron chi connectivity index (χ2n) is 13.7. The van der Waals surface area contributed by atoms with E-state index in [1.807, 2.05) is 0 Å². The van der Waals surface area contributed by atoms with Crippen LogP contribution in [0.3, 0.4) is 0 Å². The molecule has 3 rings (SSSR count). The van der Waals surface area contributed by atoms with Crippen LogP contribution in [0.5, 0.6) is 0 Å². The fraction of sp³-hybridized carbons (Fsp3) is 0.893. The Morgan fingerprint density at radius 3 is 2.49 bits per heavy atom. The van der Waals surface area contributed by atoms with Gasteiger partial charge in [-0.05, 0) is 97.2 Å². The van der Waals surface area contributed by atoms with Crippen molar-refractivity contribution >= 4 is 14.3 Å². The summed E-state index contributed by atoms with van der Waals surface area (Å²) in [5.41, 5.74) is 10.7. The zero-order chi connectivity index (χ0) is 26.2. The highest BCUT2D eigenvalue weighted by molar-refractivity contribution is 6.74. The topological polar surface area (TPSA) is 84.3 Å². The Hall–Kier alpha value is -1.30. The molecule has 0 saturated heterocycles. The van der Waals surface area contributed by atoms with Gasteiger partial charge in [0, 0.05) is 30.4 Å². The van der Waals surface area contributed by atoms with Crippen molar-refractivity contribution in [3.8, 4) is 0 Å². The summed E-state index contributed by atoms with van der Waals surface area (Å²) in [7, 11) is -1.89. The first-order valence-corrected chi connectivity index (χ1v) is 16.6. The van der Waals surface area contributed by atoms with Gasteiger partial charge in [0.15, 0.2) is 8.32 Å². The molecule has 7 heteroatoms. The van der Waals surface area contributed by atoms with E-state index in [1.165, 1.54) is 12.5 Å². The van der Waals surface area contributed by atoms with Gasteiger partial charge in [0.25, 0.3) is 0 Å². The van der Waals surface area contributed by atoms with Gasteiger partial charge in [0.05, 0.1) is 6.61 Å². The number of hydrogen-bond donors (Lipinski definition) is 0. The molecule has 0 aromatic heterocycles. The fourth-order valence-electron chi connectivity index (χ4n) is 7.44. The lowest BCUT2D eigenvalue weighted by molar-refractivity contribution is -0.149. The summed E-state index contributed by atoms with van der Waals surface area (Å²) in [6.07, 6.45) is 7.71. The highest BCUT2D eigenvalue weighted by Crippen LogP contribution is 2.63. The fourth-order valence-corrected chi connectivity index (χ4v) is 8.85. The van der Waals surface area contributed by atoms with Crippen LogP contribution in [0.4, 0.5) is 0 Å². The predicted molar refractivity (Wildman–Crippen MR) is 144 cm³/mol. The van der Waals surface area contributed by atoms with Crippen molar-refractivity contribution in [3.63, 3.8) is 0 Å². The summed E-state index contributed by atoms with van der Waals surface area (Å²) in [5, 5.41) is 4.29. The molecule has 7 atom stereocenters. The third-order valence-corrected chi connectivity index (χ3v) is 15.4. The minimum atomic E-state index is -1.89. The SMILES string of the molecule is C=C1CCC2[C@H](CN=[N+]=[N-])C([C@@]3(C)CC[C@H](O[Si](C)(C)C(C)(C)C)C[C@@H]3COC(C)=O)CC[C@]12C. The zero-order valence-electron chi connectivity index (χ0n) is 23.5. The zero-order valence-corrected chi connectivity index (χ0v) is 24.5. The molecule has 6 nitrogen and oxygen atoms in total. The molecule has 0 N–H and O–H groups in total. The van der Waals surface area contributed by atoms with E-state index in [4.69, 9.17) is 9.16 Å². The summed E-state index contributed by atoms with van der Waals surface area (Å²) in [6.45, 7) is 23.3. The molecule has 3 aliphatic rings. The second-order valence-corrected chi connectivity index (χ2v) is 18.4. The van der Waals surface area contributed by atoms with Gasteiger partial charge in [-0.3, -0.25) is 4.79 Å². The normalized spacial score (nSPS) is 37.9.